The van der Waals surface area contributed by atoms with E-state index >= 15 is 0 Å². The average molecular weight is 398 g/mol. The number of carbonyl (C=O) groups is 1. The van der Waals surface area contributed by atoms with Gasteiger partial charge in [0.1, 0.15) is 5.75 Å². The summed E-state index contributed by atoms with van der Waals surface area (Å²) >= 11 is 5.99. The molecule has 1 aromatic heterocycles. The fourth-order valence-corrected chi connectivity index (χ4v) is 2.68. The fraction of sp³-hybridized carbons (Fsp3) is 0.150. The van der Waals surface area contributed by atoms with Crippen LogP contribution in [0.15, 0.2) is 54.7 Å². The van der Waals surface area contributed by atoms with Crippen LogP contribution in [0.5, 0.6) is 5.75 Å². The third-order valence-corrected chi connectivity index (χ3v) is 4.21. The van der Waals surface area contributed by atoms with Crippen LogP contribution in [0.1, 0.15) is 10.4 Å². The Kier molecular flexibility index (Phi) is 5.96. The first-order chi connectivity index (χ1) is 13.5. The minimum atomic E-state index is -0.301. The normalized spacial score (nSPS) is 10.3. The lowest BCUT2D eigenvalue weighted by molar-refractivity contribution is 0.102. The molecular formula is C20H20ClN5O2. The molecule has 7 nitrogen and oxygen atoms in total. The second-order valence-corrected chi connectivity index (χ2v) is 6.63. The summed E-state index contributed by atoms with van der Waals surface area (Å²) in [5.74, 6) is 0.788. The molecular weight excluding hydrogens is 378 g/mol. The SMILES string of the molecule is COc1ccc(Cl)cc1C(=O)Nc1ccc(Nc2cc(N(C)C)cnn2)cc1. The van der Waals surface area contributed by atoms with Gasteiger partial charge in [0.2, 0.25) is 0 Å². The Morgan fingerprint density at radius 3 is 2.46 bits per heavy atom. The number of aromatic nitrogens is 2. The molecule has 0 atom stereocenters. The van der Waals surface area contributed by atoms with Gasteiger partial charge < -0.3 is 20.3 Å². The first-order valence-electron chi connectivity index (χ1n) is 8.48. The molecule has 1 amide bonds. The second-order valence-electron chi connectivity index (χ2n) is 6.19. The monoisotopic (exact) mass is 397 g/mol. The van der Waals surface area contributed by atoms with Crippen LogP contribution in [0.3, 0.4) is 0 Å². The number of methoxy groups -OCH3 is 1. The number of anilines is 4. The maximum atomic E-state index is 12.5. The predicted octanol–water partition coefficient (Wildman–Crippen LogP) is 4.20. The molecule has 2 N–H and O–H groups in total. The lowest BCUT2D eigenvalue weighted by Crippen LogP contribution is -2.13. The van der Waals surface area contributed by atoms with Crippen molar-refractivity contribution >= 4 is 40.4 Å². The van der Waals surface area contributed by atoms with Gasteiger partial charge in [-0.05, 0) is 42.5 Å². The van der Waals surface area contributed by atoms with E-state index in [-0.39, 0.29) is 5.91 Å². The highest BCUT2D eigenvalue weighted by atomic mass is 35.5. The van der Waals surface area contributed by atoms with Crippen molar-refractivity contribution < 1.29 is 9.53 Å². The van der Waals surface area contributed by atoms with Crippen LogP contribution >= 0.6 is 11.6 Å². The number of rotatable bonds is 6. The van der Waals surface area contributed by atoms with E-state index in [1.165, 1.54) is 7.11 Å². The summed E-state index contributed by atoms with van der Waals surface area (Å²) in [6.45, 7) is 0. The third-order valence-electron chi connectivity index (χ3n) is 3.98. The maximum Gasteiger partial charge on any atom is 0.259 e. The molecule has 28 heavy (non-hydrogen) atoms. The summed E-state index contributed by atoms with van der Waals surface area (Å²) < 4.78 is 5.23. The Bertz CT molecular complexity index is 977. The minimum absolute atomic E-state index is 0.301. The molecule has 0 aliphatic heterocycles. The highest BCUT2D eigenvalue weighted by Crippen LogP contribution is 2.25. The topological polar surface area (TPSA) is 79.4 Å². The number of ether oxygens (including phenoxy) is 1. The number of nitrogens with one attached hydrogen (secondary N) is 2. The quantitative estimate of drug-likeness (QED) is 0.649. The number of carbonyl (C=O) groups excluding carboxylic acids is 1. The van der Waals surface area contributed by atoms with Gasteiger partial charge in [0.15, 0.2) is 5.82 Å². The van der Waals surface area contributed by atoms with Crippen LogP contribution < -0.4 is 20.3 Å². The molecule has 0 aliphatic carbocycles. The summed E-state index contributed by atoms with van der Waals surface area (Å²) in [4.78, 5) is 14.5. The molecule has 2 aromatic carbocycles. The number of amides is 1. The van der Waals surface area contributed by atoms with E-state index < -0.39 is 0 Å². The molecule has 0 unspecified atom stereocenters. The van der Waals surface area contributed by atoms with Crippen molar-refractivity contribution in [1.82, 2.24) is 10.2 Å². The smallest absolute Gasteiger partial charge is 0.259 e. The molecule has 0 radical (unpaired) electrons. The lowest BCUT2D eigenvalue weighted by Gasteiger charge is -2.13. The molecule has 8 heteroatoms. The van der Waals surface area contributed by atoms with Crippen molar-refractivity contribution in [2.45, 2.75) is 0 Å². The van der Waals surface area contributed by atoms with Gasteiger partial charge in [0.25, 0.3) is 5.91 Å². The highest BCUT2D eigenvalue weighted by Gasteiger charge is 2.13. The largest absolute Gasteiger partial charge is 0.496 e. The van der Waals surface area contributed by atoms with Crippen molar-refractivity contribution in [3.8, 4) is 5.75 Å². The zero-order chi connectivity index (χ0) is 20.1. The summed E-state index contributed by atoms with van der Waals surface area (Å²) in [7, 11) is 5.38. The molecule has 0 saturated heterocycles. The van der Waals surface area contributed by atoms with Crippen molar-refractivity contribution in [3.05, 3.63) is 65.3 Å². The fourth-order valence-electron chi connectivity index (χ4n) is 2.50. The average Bonchev–Trinajstić information content (AvgIpc) is 2.69. The van der Waals surface area contributed by atoms with Gasteiger partial charge in [0.05, 0.1) is 24.6 Å². The molecule has 0 fully saturated rings. The number of hydrogen-bond acceptors (Lipinski definition) is 6. The standard InChI is InChI=1S/C20H20ClN5O2/c1-26(2)16-11-19(25-22-12-16)23-14-5-7-15(8-6-14)24-20(27)17-10-13(21)4-9-18(17)28-3/h4-12H,1-3H3,(H,23,25)(H,24,27). The molecule has 1 heterocycles. The lowest BCUT2D eigenvalue weighted by atomic mass is 10.1. The molecule has 0 spiro atoms. The molecule has 0 aliphatic rings. The number of benzene rings is 2. The minimum Gasteiger partial charge on any atom is -0.496 e. The highest BCUT2D eigenvalue weighted by molar-refractivity contribution is 6.31. The zero-order valence-electron chi connectivity index (χ0n) is 15.7. The Morgan fingerprint density at radius 2 is 1.79 bits per heavy atom. The van der Waals surface area contributed by atoms with Gasteiger partial charge in [-0.25, -0.2) is 0 Å². The summed E-state index contributed by atoms with van der Waals surface area (Å²) in [6.07, 6.45) is 1.69. The summed E-state index contributed by atoms with van der Waals surface area (Å²) in [5, 5.41) is 14.5. The van der Waals surface area contributed by atoms with E-state index in [2.05, 4.69) is 20.8 Å². The first-order valence-corrected chi connectivity index (χ1v) is 8.86. The summed E-state index contributed by atoms with van der Waals surface area (Å²) in [5.41, 5.74) is 2.78. The second kappa shape index (κ2) is 8.58. The van der Waals surface area contributed by atoms with Gasteiger partial charge in [0, 0.05) is 36.6 Å². The number of hydrogen-bond donors (Lipinski definition) is 2. The van der Waals surface area contributed by atoms with Gasteiger partial charge in [-0.1, -0.05) is 11.6 Å². The van der Waals surface area contributed by atoms with Crippen molar-refractivity contribution in [1.29, 1.82) is 0 Å². The van der Waals surface area contributed by atoms with Crippen LogP contribution in [0, 0.1) is 0 Å². The molecule has 3 aromatic rings. The van der Waals surface area contributed by atoms with Crippen LogP contribution in [0.4, 0.5) is 22.9 Å². The van der Waals surface area contributed by atoms with E-state index in [1.807, 2.05) is 37.2 Å². The van der Waals surface area contributed by atoms with Gasteiger partial charge in [-0.15, -0.1) is 5.10 Å². The van der Waals surface area contributed by atoms with Crippen LogP contribution in [-0.2, 0) is 0 Å². The van der Waals surface area contributed by atoms with Crippen LogP contribution in [-0.4, -0.2) is 37.3 Å². The van der Waals surface area contributed by atoms with E-state index in [4.69, 9.17) is 16.3 Å². The summed E-state index contributed by atoms with van der Waals surface area (Å²) in [6, 6.07) is 14.1. The van der Waals surface area contributed by atoms with Crippen molar-refractivity contribution in [2.24, 2.45) is 0 Å². The Labute approximate surface area is 168 Å². The van der Waals surface area contributed by atoms with Crippen LogP contribution in [0.2, 0.25) is 5.02 Å². The van der Waals surface area contributed by atoms with E-state index in [9.17, 15) is 4.79 Å². The van der Waals surface area contributed by atoms with Gasteiger partial charge in [-0.2, -0.15) is 5.10 Å². The van der Waals surface area contributed by atoms with Crippen LogP contribution in [0.25, 0.3) is 0 Å². The number of nitrogens with zero attached hydrogens (tertiary/aromatic N) is 3. The van der Waals surface area contributed by atoms with Gasteiger partial charge >= 0.3 is 0 Å². The van der Waals surface area contributed by atoms with E-state index in [1.54, 1.807) is 36.5 Å². The Balaban J connectivity index is 1.70. The van der Waals surface area contributed by atoms with Crippen molar-refractivity contribution in [3.63, 3.8) is 0 Å². The predicted molar refractivity (Wildman–Crippen MR) is 112 cm³/mol. The molecule has 0 saturated carbocycles. The molecule has 144 valence electrons. The molecule has 3 rings (SSSR count). The third kappa shape index (κ3) is 4.69. The van der Waals surface area contributed by atoms with E-state index in [0.29, 0.717) is 27.8 Å². The van der Waals surface area contributed by atoms with Gasteiger partial charge in [-0.3, -0.25) is 4.79 Å². The van der Waals surface area contributed by atoms with E-state index in [0.717, 1.165) is 11.4 Å². The Hall–Kier alpha value is -3.32. The maximum absolute atomic E-state index is 12.5. The Morgan fingerprint density at radius 1 is 1.07 bits per heavy atom. The zero-order valence-corrected chi connectivity index (χ0v) is 16.5. The first kappa shape index (κ1) is 19.4. The number of halogens is 1. The molecule has 0 bridgehead atoms. The van der Waals surface area contributed by atoms with Crippen molar-refractivity contribution in [2.75, 3.05) is 36.7 Å².